The van der Waals surface area contributed by atoms with E-state index in [0.29, 0.717) is 18.7 Å². The van der Waals surface area contributed by atoms with Gasteiger partial charge in [0.15, 0.2) is 17.4 Å². The Bertz CT molecular complexity index is 1830. The standard InChI is InChI=1S/C26H33N9O9P2S2/c1-34(2)14-31-26-32-23-22(24(36)33-26)30-15-35(23)25-20-10-18(42-25)12-39-45(37,47)43-19-9-17(41-21-4-6-28-13-29-21)8-16(19)11-40-46(48,44-20)38-7-3-5-27/h4,6,13-20,25H,3,7-12H2,1-2H3,(H,37,47)(H,32,33,36)/b31-14+/t16-,17-,18+,19+,20-,25-,45?,46?/m1/s1. The monoisotopic (exact) mass is 741 g/mol. The molecule has 6 rings (SSSR count). The number of H-pyrrole nitrogens is 1. The molecular weight excluding hydrogens is 708 g/mol. The van der Waals surface area contributed by atoms with Gasteiger partial charge in [-0.2, -0.15) is 10.2 Å². The van der Waals surface area contributed by atoms with Crippen molar-refractivity contribution in [2.45, 2.75) is 56.3 Å². The largest absolute Gasteiger partial charge is 0.474 e. The third-order valence-electron chi connectivity index (χ3n) is 7.55. The number of nitrogens with zero attached hydrogens (tertiary/aromatic N) is 8. The van der Waals surface area contributed by atoms with Crippen LogP contribution in [-0.4, -0.2) is 104 Å². The molecule has 5 heterocycles. The number of aromatic nitrogens is 6. The molecule has 8 atom stereocenters. The highest BCUT2D eigenvalue weighted by Crippen LogP contribution is 2.57. The lowest BCUT2D eigenvalue weighted by Crippen LogP contribution is -2.25. The summed E-state index contributed by atoms with van der Waals surface area (Å²) in [7, 11) is 3.56. The fourth-order valence-electron chi connectivity index (χ4n) is 5.48. The predicted octanol–water partition coefficient (Wildman–Crippen LogP) is 2.46. The van der Waals surface area contributed by atoms with Crippen molar-refractivity contribution in [2.75, 3.05) is 33.9 Å². The van der Waals surface area contributed by atoms with Crippen LogP contribution in [0.1, 0.15) is 31.9 Å². The normalized spacial score (nSPS) is 32.6. The zero-order chi connectivity index (χ0) is 33.9. The molecule has 2 bridgehead atoms. The lowest BCUT2D eigenvalue weighted by Gasteiger charge is -2.30. The van der Waals surface area contributed by atoms with Crippen molar-refractivity contribution in [1.82, 2.24) is 34.4 Å². The molecule has 1 saturated carbocycles. The first kappa shape index (κ1) is 35.1. The van der Waals surface area contributed by atoms with E-state index in [-0.39, 0.29) is 61.8 Å². The van der Waals surface area contributed by atoms with Crippen LogP contribution in [0.25, 0.3) is 11.2 Å². The number of rotatable bonds is 8. The second-order valence-electron chi connectivity index (χ2n) is 11.4. The SMILES string of the molecule is CN(C)/C=N/c1nc2c(ncn2[C@@H]2O[C@@H]3COP(O)(=S)O[C@H]4C[C@H](Oc5ccncn5)C[C@@H]4COP(=S)(OCCC#N)O[C@@H]2C3)c(=O)[nH]1. The molecule has 2 saturated heterocycles. The molecule has 0 aromatic carbocycles. The minimum absolute atomic E-state index is 0.00726. The van der Waals surface area contributed by atoms with E-state index >= 15 is 0 Å². The van der Waals surface area contributed by atoms with Gasteiger partial charge < -0.3 is 41.9 Å². The Labute approximate surface area is 284 Å². The van der Waals surface area contributed by atoms with Crippen molar-refractivity contribution >= 4 is 60.5 Å². The molecule has 0 spiro atoms. The highest BCUT2D eigenvalue weighted by atomic mass is 32.5. The minimum Gasteiger partial charge on any atom is -0.474 e. The number of hydrogen-bond acceptors (Lipinski definition) is 16. The van der Waals surface area contributed by atoms with Gasteiger partial charge >= 0.3 is 13.4 Å². The van der Waals surface area contributed by atoms with Crippen molar-refractivity contribution in [3.63, 3.8) is 0 Å². The quantitative estimate of drug-likeness (QED) is 0.147. The van der Waals surface area contributed by atoms with Crippen LogP contribution in [0.2, 0.25) is 0 Å². The Kier molecular flexibility index (Phi) is 10.9. The fraction of sp³-hybridized carbons (Fsp3) is 0.577. The number of aliphatic imine (C=N–C) groups is 1. The van der Waals surface area contributed by atoms with E-state index in [4.69, 9.17) is 55.7 Å². The first-order chi connectivity index (χ1) is 23.0. The topological polar surface area (TPSA) is 214 Å². The Morgan fingerprint density at radius 3 is 2.85 bits per heavy atom. The summed E-state index contributed by atoms with van der Waals surface area (Å²) in [4.78, 5) is 49.2. The van der Waals surface area contributed by atoms with Crippen molar-refractivity contribution in [3.8, 4) is 11.9 Å². The Morgan fingerprint density at radius 2 is 2.08 bits per heavy atom. The number of nitrogens with one attached hydrogen (secondary N) is 1. The molecule has 1 aliphatic carbocycles. The number of imidazole rings is 1. The zero-order valence-electron chi connectivity index (χ0n) is 25.8. The lowest BCUT2D eigenvalue weighted by molar-refractivity contribution is -0.0497. The molecule has 3 aromatic rings. The van der Waals surface area contributed by atoms with Gasteiger partial charge in [-0.25, -0.2) is 19.9 Å². The molecule has 2 unspecified atom stereocenters. The van der Waals surface area contributed by atoms with Crippen LogP contribution in [0.5, 0.6) is 5.88 Å². The summed E-state index contributed by atoms with van der Waals surface area (Å²) in [6.07, 6.45) is 3.57. The number of ether oxygens (including phenoxy) is 2. The van der Waals surface area contributed by atoms with Gasteiger partial charge in [0.2, 0.25) is 11.8 Å². The summed E-state index contributed by atoms with van der Waals surface area (Å²) in [5.74, 6) is 0.0950. The van der Waals surface area contributed by atoms with Crippen molar-refractivity contribution in [3.05, 3.63) is 35.3 Å². The van der Waals surface area contributed by atoms with E-state index in [1.807, 2.05) is 6.07 Å². The Hall–Kier alpha value is -2.79. The molecule has 2 aliphatic heterocycles. The van der Waals surface area contributed by atoms with Crippen molar-refractivity contribution < 1.29 is 37.0 Å². The molecule has 0 radical (unpaired) electrons. The maximum absolute atomic E-state index is 12.9. The average molecular weight is 742 g/mol. The minimum atomic E-state index is -3.77. The van der Waals surface area contributed by atoms with Crippen LogP contribution in [-0.2, 0) is 51.0 Å². The lowest BCUT2D eigenvalue weighted by atomic mass is 10.1. The van der Waals surface area contributed by atoms with Crippen LogP contribution in [0.4, 0.5) is 5.95 Å². The zero-order valence-corrected chi connectivity index (χ0v) is 29.2. The number of fused-ring (bicyclic) bond motifs is 4. The molecule has 22 heteroatoms. The third kappa shape index (κ3) is 8.49. The summed E-state index contributed by atoms with van der Waals surface area (Å²) in [5, 5.41) is 9.18. The molecule has 3 fully saturated rings. The smallest absolute Gasteiger partial charge is 0.327 e. The molecule has 3 aromatic heterocycles. The van der Waals surface area contributed by atoms with Gasteiger partial charge in [0.25, 0.3) is 5.56 Å². The molecule has 0 amide bonds. The van der Waals surface area contributed by atoms with Gasteiger partial charge in [-0.15, -0.1) is 0 Å². The number of aromatic amines is 1. The van der Waals surface area contributed by atoms with Gasteiger partial charge in [-0.05, 0) is 30.0 Å². The summed E-state index contributed by atoms with van der Waals surface area (Å²) < 4.78 is 44.4. The first-order valence-electron chi connectivity index (χ1n) is 14.9. The molecule has 18 nitrogen and oxygen atoms in total. The van der Waals surface area contributed by atoms with Crippen LogP contribution in [0.15, 0.2) is 34.7 Å². The summed E-state index contributed by atoms with van der Waals surface area (Å²) in [6.45, 7) is -7.48. The predicted molar refractivity (Wildman–Crippen MR) is 176 cm³/mol. The maximum Gasteiger partial charge on any atom is 0.327 e. The van der Waals surface area contributed by atoms with Crippen LogP contribution >= 0.6 is 13.4 Å². The first-order valence-corrected chi connectivity index (χ1v) is 20.0. The molecule has 3 aliphatic rings. The second kappa shape index (κ2) is 15.0. The fourth-order valence-corrected chi connectivity index (χ4v) is 9.16. The number of nitriles is 1. The van der Waals surface area contributed by atoms with E-state index in [0.717, 1.165) is 0 Å². The van der Waals surface area contributed by atoms with Crippen molar-refractivity contribution in [1.29, 1.82) is 5.26 Å². The van der Waals surface area contributed by atoms with E-state index in [2.05, 4.69) is 29.9 Å². The van der Waals surface area contributed by atoms with Gasteiger partial charge in [0, 0.05) is 45.1 Å². The maximum atomic E-state index is 12.9. The Morgan fingerprint density at radius 1 is 1.23 bits per heavy atom. The Balaban J connectivity index is 1.30. The summed E-state index contributed by atoms with van der Waals surface area (Å²) in [6, 6.07) is 3.67. The highest BCUT2D eigenvalue weighted by molar-refractivity contribution is 8.07. The third-order valence-corrected chi connectivity index (χ3v) is 11.5. The molecule has 258 valence electrons. The molecular formula is C26H33N9O9P2S2. The van der Waals surface area contributed by atoms with Crippen molar-refractivity contribution in [2.24, 2.45) is 10.9 Å². The highest BCUT2D eigenvalue weighted by Gasteiger charge is 2.46. The summed E-state index contributed by atoms with van der Waals surface area (Å²) >= 11 is 11.3. The van der Waals surface area contributed by atoms with E-state index in [1.165, 1.54) is 19.0 Å². The average Bonchev–Trinajstić information content (AvgIpc) is 3.75. The molecule has 2 N–H and O–H groups in total. The van der Waals surface area contributed by atoms with Gasteiger partial charge in [-0.1, -0.05) is 0 Å². The van der Waals surface area contributed by atoms with E-state index in [1.54, 1.807) is 35.8 Å². The van der Waals surface area contributed by atoms with Crippen LogP contribution < -0.4 is 10.3 Å². The second-order valence-corrected chi connectivity index (χ2v) is 17.1. The van der Waals surface area contributed by atoms with Gasteiger partial charge in [0.05, 0.1) is 57.2 Å². The van der Waals surface area contributed by atoms with Gasteiger partial charge in [0.1, 0.15) is 18.5 Å². The van der Waals surface area contributed by atoms with Gasteiger partial charge in [-0.3, -0.25) is 14.3 Å². The van der Waals surface area contributed by atoms with Crippen LogP contribution in [0.3, 0.4) is 0 Å². The van der Waals surface area contributed by atoms with E-state index < -0.39 is 43.5 Å². The summed E-state index contributed by atoms with van der Waals surface area (Å²) in [5.41, 5.74) is -0.257. The van der Waals surface area contributed by atoms with E-state index in [9.17, 15) is 14.9 Å². The molecule has 48 heavy (non-hydrogen) atoms. The number of hydrogen-bond donors (Lipinski definition) is 2. The van der Waals surface area contributed by atoms with Crippen LogP contribution in [0, 0.1) is 17.2 Å².